The van der Waals surface area contributed by atoms with Gasteiger partial charge in [-0.3, -0.25) is 4.99 Å². The molecule has 1 atom stereocenters. The molecule has 0 aromatic heterocycles. The van der Waals surface area contributed by atoms with E-state index >= 15 is 0 Å². The highest BCUT2D eigenvalue weighted by Gasteiger charge is 2.17. The second kappa shape index (κ2) is 10.8. The Labute approximate surface area is 173 Å². The minimum absolute atomic E-state index is 0. The highest BCUT2D eigenvalue weighted by atomic mass is 127. The second-order valence-electron chi connectivity index (χ2n) is 6.77. The van der Waals surface area contributed by atoms with Crippen molar-refractivity contribution in [1.29, 1.82) is 0 Å². The summed E-state index contributed by atoms with van der Waals surface area (Å²) in [6, 6.07) is 6.75. The molecule has 2 aliphatic heterocycles. The first-order chi connectivity index (χ1) is 12.3. The SMILES string of the molecule is CN=C(NCCCN1CCCCC1C)NCc1ccc2c(c1)OCO2.I. The Morgan fingerprint density at radius 3 is 2.88 bits per heavy atom. The number of hydrogen-bond acceptors (Lipinski definition) is 4. The van der Waals surface area contributed by atoms with Crippen LogP contribution in [0, 0.1) is 0 Å². The summed E-state index contributed by atoms with van der Waals surface area (Å²) in [5.41, 5.74) is 1.15. The van der Waals surface area contributed by atoms with Crippen molar-refractivity contribution in [3.05, 3.63) is 23.8 Å². The molecule has 0 saturated carbocycles. The van der Waals surface area contributed by atoms with E-state index in [1.807, 2.05) is 25.2 Å². The van der Waals surface area contributed by atoms with Gasteiger partial charge in [-0.15, -0.1) is 24.0 Å². The zero-order valence-electron chi connectivity index (χ0n) is 15.8. The van der Waals surface area contributed by atoms with Crippen molar-refractivity contribution in [1.82, 2.24) is 15.5 Å². The standard InChI is InChI=1S/C19H30N4O2.HI/c1-15-6-3-4-10-23(15)11-5-9-21-19(20-2)22-13-16-7-8-17-18(12-16)25-14-24-17;/h7-8,12,15H,3-6,9-11,13-14H2,1-2H3,(H2,20,21,22);1H. The number of nitrogens with one attached hydrogen (secondary N) is 2. The molecule has 26 heavy (non-hydrogen) atoms. The highest BCUT2D eigenvalue weighted by molar-refractivity contribution is 14.0. The Morgan fingerprint density at radius 2 is 2.08 bits per heavy atom. The smallest absolute Gasteiger partial charge is 0.231 e. The van der Waals surface area contributed by atoms with Crippen molar-refractivity contribution >= 4 is 29.9 Å². The molecule has 0 radical (unpaired) electrons. The van der Waals surface area contributed by atoms with Crippen LogP contribution >= 0.6 is 24.0 Å². The van der Waals surface area contributed by atoms with E-state index in [4.69, 9.17) is 9.47 Å². The number of benzene rings is 1. The monoisotopic (exact) mass is 474 g/mol. The number of hydrogen-bond donors (Lipinski definition) is 2. The van der Waals surface area contributed by atoms with Crippen LogP contribution in [0.25, 0.3) is 0 Å². The Balaban J connectivity index is 0.00000243. The van der Waals surface area contributed by atoms with E-state index in [0.717, 1.165) is 48.6 Å². The van der Waals surface area contributed by atoms with E-state index < -0.39 is 0 Å². The molecule has 146 valence electrons. The molecular weight excluding hydrogens is 443 g/mol. The largest absolute Gasteiger partial charge is 0.454 e. The lowest BCUT2D eigenvalue weighted by Gasteiger charge is -2.33. The van der Waals surface area contributed by atoms with Crippen LogP contribution in [-0.4, -0.2) is 50.4 Å². The number of halogens is 1. The zero-order chi connectivity index (χ0) is 17.5. The number of guanidine groups is 1. The molecule has 1 aromatic carbocycles. The van der Waals surface area contributed by atoms with Crippen molar-refractivity contribution in [2.45, 2.75) is 45.2 Å². The quantitative estimate of drug-likeness (QED) is 0.288. The number of nitrogens with zero attached hydrogens (tertiary/aromatic N) is 2. The first-order valence-corrected chi connectivity index (χ1v) is 9.33. The summed E-state index contributed by atoms with van der Waals surface area (Å²) in [6.45, 7) is 6.71. The van der Waals surface area contributed by atoms with Gasteiger partial charge in [0.1, 0.15) is 0 Å². The van der Waals surface area contributed by atoms with E-state index in [1.165, 1.54) is 25.8 Å². The molecule has 2 heterocycles. The van der Waals surface area contributed by atoms with E-state index in [9.17, 15) is 0 Å². The van der Waals surface area contributed by atoms with Crippen LogP contribution in [0.3, 0.4) is 0 Å². The number of fused-ring (bicyclic) bond motifs is 1. The van der Waals surface area contributed by atoms with Gasteiger partial charge in [0.15, 0.2) is 17.5 Å². The summed E-state index contributed by atoms with van der Waals surface area (Å²) >= 11 is 0. The third kappa shape index (κ3) is 5.90. The Morgan fingerprint density at radius 1 is 1.23 bits per heavy atom. The first kappa shape index (κ1) is 21.1. The molecule has 0 amide bonds. The number of piperidine rings is 1. The summed E-state index contributed by atoms with van der Waals surface area (Å²) in [5.74, 6) is 2.47. The van der Waals surface area contributed by atoms with Gasteiger partial charge >= 0.3 is 0 Å². The van der Waals surface area contributed by atoms with Crippen LogP contribution in [0.15, 0.2) is 23.2 Å². The van der Waals surface area contributed by atoms with Crippen LogP contribution in [0.2, 0.25) is 0 Å². The lowest BCUT2D eigenvalue weighted by atomic mass is 10.0. The molecule has 1 aromatic rings. The van der Waals surface area contributed by atoms with E-state index in [-0.39, 0.29) is 24.0 Å². The summed E-state index contributed by atoms with van der Waals surface area (Å²) < 4.78 is 10.8. The Bertz CT molecular complexity index is 597. The van der Waals surface area contributed by atoms with Crippen molar-refractivity contribution in [3.63, 3.8) is 0 Å². The van der Waals surface area contributed by atoms with Crippen molar-refractivity contribution in [2.24, 2.45) is 4.99 Å². The van der Waals surface area contributed by atoms with Crippen LogP contribution in [-0.2, 0) is 6.54 Å². The average Bonchev–Trinajstić information content (AvgIpc) is 3.10. The minimum Gasteiger partial charge on any atom is -0.454 e. The molecule has 2 N–H and O–H groups in total. The molecule has 1 fully saturated rings. The van der Waals surface area contributed by atoms with Gasteiger partial charge in [0, 0.05) is 32.7 Å². The fraction of sp³-hybridized carbons (Fsp3) is 0.632. The van der Waals surface area contributed by atoms with Crippen molar-refractivity contribution in [3.8, 4) is 11.5 Å². The number of rotatable bonds is 6. The summed E-state index contributed by atoms with van der Waals surface area (Å²) in [4.78, 5) is 6.90. The van der Waals surface area contributed by atoms with Crippen LogP contribution in [0.4, 0.5) is 0 Å². The number of aliphatic imine (C=N–C) groups is 1. The molecule has 0 spiro atoms. The lowest BCUT2D eigenvalue weighted by Crippen LogP contribution is -2.41. The van der Waals surface area contributed by atoms with E-state index in [1.54, 1.807) is 0 Å². The van der Waals surface area contributed by atoms with Gasteiger partial charge in [-0.05, 0) is 50.4 Å². The molecular formula is C19H31IN4O2. The van der Waals surface area contributed by atoms with Gasteiger partial charge in [0.25, 0.3) is 0 Å². The topological polar surface area (TPSA) is 58.1 Å². The number of ether oxygens (including phenoxy) is 2. The maximum atomic E-state index is 5.42. The third-order valence-electron chi connectivity index (χ3n) is 4.98. The fourth-order valence-electron chi connectivity index (χ4n) is 3.44. The van der Waals surface area contributed by atoms with Crippen molar-refractivity contribution in [2.75, 3.05) is 33.5 Å². The first-order valence-electron chi connectivity index (χ1n) is 9.33. The molecule has 0 bridgehead atoms. The number of likely N-dealkylation sites (tertiary alicyclic amines) is 1. The van der Waals surface area contributed by atoms with Gasteiger partial charge in [0.2, 0.25) is 6.79 Å². The van der Waals surface area contributed by atoms with Gasteiger partial charge in [-0.1, -0.05) is 12.5 Å². The van der Waals surface area contributed by atoms with Gasteiger partial charge < -0.3 is 25.0 Å². The van der Waals surface area contributed by atoms with Crippen LogP contribution in [0.1, 0.15) is 38.2 Å². The van der Waals surface area contributed by atoms with Gasteiger partial charge in [0.05, 0.1) is 0 Å². The molecule has 1 unspecified atom stereocenters. The molecule has 1 saturated heterocycles. The predicted octanol–water partition coefficient (Wildman–Crippen LogP) is 2.96. The normalized spacial score (nSPS) is 19.8. The Hall–Kier alpha value is -1.22. The molecule has 6 nitrogen and oxygen atoms in total. The van der Waals surface area contributed by atoms with Crippen LogP contribution in [0.5, 0.6) is 11.5 Å². The van der Waals surface area contributed by atoms with Gasteiger partial charge in [-0.2, -0.15) is 0 Å². The minimum atomic E-state index is 0. The van der Waals surface area contributed by atoms with E-state index in [0.29, 0.717) is 13.3 Å². The summed E-state index contributed by atoms with van der Waals surface area (Å²) in [7, 11) is 1.81. The maximum absolute atomic E-state index is 5.42. The highest BCUT2D eigenvalue weighted by Crippen LogP contribution is 2.32. The fourth-order valence-corrected chi connectivity index (χ4v) is 3.44. The summed E-state index contributed by atoms with van der Waals surface area (Å²) in [6.07, 6.45) is 5.20. The van der Waals surface area contributed by atoms with Crippen molar-refractivity contribution < 1.29 is 9.47 Å². The molecule has 3 rings (SSSR count). The average molecular weight is 474 g/mol. The Kier molecular flexibility index (Phi) is 8.77. The molecule has 7 heteroatoms. The second-order valence-corrected chi connectivity index (χ2v) is 6.77. The van der Waals surface area contributed by atoms with Crippen LogP contribution < -0.4 is 20.1 Å². The molecule has 2 aliphatic rings. The third-order valence-corrected chi connectivity index (χ3v) is 4.98. The van der Waals surface area contributed by atoms with E-state index in [2.05, 4.69) is 27.4 Å². The van der Waals surface area contributed by atoms with Gasteiger partial charge in [-0.25, -0.2) is 0 Å². The maximum Gasteiger partial charge on any atom is 0.231 e. The predicted molar refractivity (Wildman–Crippen MR) is 116 cm³/mol. The summed E-state index contributed by atoms with van der Waals surface area (Å²) in [5, 5.41) is 6.76. The zero-order valence-corrected chi connectivity index (χ0v) is 18.1. The molecule has 0 aliphatic carbocycles. The lowest BCUT2D eigenvalue weighted by molar-refractivity contribution is 0.159.